The fraction of sp³-hybridized carbons (Fsp3) is 0.292. The van der Waals surface area contributed by atoms with E-state index in [4.69, 9.17) is 9.47 Å². The maximum Gasteiger partial charge on any atom is 0.255 e. The van der Waals surface area contributed by atoms with E-state index in [1.54, 1.807) is 6.07 Å². The number of carbonyl (C=O) groups excluding carboxylic acids is 1. The highest BCUT2D eigenvalue weighted by molar-refractivity contribution is 5.97. The lowest BCUT2D eigenvalue weighted by atomic mass is 9.99. The molecule has 4 rings (SSSR count). The molecule has 0 bridgehead atoms. The minimum atomic E-state index is -0.136. The van der Waals surface area contributed by atoms with Crippen LogP contribution in [-0.4, -0.2) is 25.2 Å². The highest BCUT2D eigenvalue weighted by Gasteiger charge is 2.20. The summed E-state index contributed by atoms with van der Waals surface area (Å²) >= 11 is 0. The summed E-state index contributed by atoms with van der Waals surface area (Å²) in [6, 6.07) is 21.7. The first-order valence-corrected chi connectivity index (χ1v) is 9.84. The van der Waals surface area contributed by atoms with Crippen LogP contribution in [0.25, 0.3) is 10.8 Å². The molecule has 0 saturated carbocycles. The molecular weight excluding hydrogens is 350 g/mol. The molecule has 3 aromatic rings. The first-order valence-electron chi connectivity index (χ1n) is 9.84. The highest BCUT2D eigenvalue weighted by Crippen LogP contribution is 2.26. The summed E-state index contributed by atoms with van der Waals surface area (Å²) in [4.78, 5) is 13.0. The van der Waals surface area contributed by atoms with Crippen molar-refractivity contribution in [3.05, 3.63) is 77.9 Å². The fourth-order valence-corrected chi connectivity index (χ4v) is 3.72. The summed E-state index contributed by atoms with van der Waals surface area (Å²) in [5.74, 6) is 0.462. The van der Waals surface area contributed by atoms with Crippen molar-refractivity contribution in [3.8, 4) is 5.75 Å². The number of amides is 1. The van der Waals surface area contributed by atoms with Crippen molar-refractivity contribution < 1.29 is 14.3 Å². The monoisotopic (exact) mass is 375 g/mol. The van der Waals surface area contributed by atoms with Crippen LogP contribution in [0.15, 0.2) is 66.7 Å². The Balaban J connectivity index is 1.50. The molecule has 144 valence electrons. The van der Waals surface area contributed by atoms with Gasteiger partial charge in [0.25, 0.3) is 5.91 Å². The smallest absolute Gasteiger partial charge is 0.255 e. The molecule has 1 fully saturated rings. The topological polar surface area (TPSA) is 47.6 Å². The molecule has 1 amide bonds. The van der Waals surface area contributed by atoms with Crippen LogP contribution >= 0.6 is 0 Å². The normalized spacial score (nSPS) is 17.4. The summed E-state index contributed by atoms with van der Waals surface area (Å²) in [7, 11) is 0. The summed E-state index contributed by atoms with van der Waals surface area (Å²) in [5.41, 5.74) is 1.65. The molecule has 0 aliphatic carbocycles. The zero-order valence-corrected chi connectivity index (χ0v) is 16.1. The first-order chi connectivity index (χ1) is 13.7. The van der Waals surface area contributed by atoms with E-state index in [1.165, 1.54) is 5.39 Å². The van der Waals surface area contributed by atoms with E-state index in [0.29, 0.717) is 17.9 Å². The third-order valence-electron chi connectivity index (χ3n) is 5.22. The number of ether oxygens (including phenoxy) is 2. The molecule has 4 heteroatoms. The van der Waals surface area contributed by atoms with Crippen molar-refractivity contribution >= 4 is 16.7 Å². The van der Waals surface area contributed by atoms with Gasteiger partial charge < -0.3 is 14.8 Å². The molecule has 1 heterocycles. The Morgan fingerprint density at radius 1 is 1.11 bits per heavy atom. The summed E-state index contributed by atoms with van der Waals surface area (Å²) in [6.45, 7) is 3.28. The zero-order chi connectivity index (χ0) is 19.3. The predicted octanol–water partition coefficient (Wildman–Crippen LogP) is 4.89. The maximum absolute atomic E-state index is 13.0. The van der Waals surface area contributed by atoms with Crippen LogP contribution in [0.4, 0.5) is 0 Å². The third kappa shape index (κ3) is 4.02. The number of nitrogens with one attached hydrogen (secondary N) is 1. The van der Waals surface area contributed by atoms with Crippen molar-refractivity contribution in [1.82, 2.24) is 5.32 Å². The highest BCUT2D eigenvalue weighted by atomic mass is 16.5. The van der Waals surface area contributed by atoms with Crippen molar-refractivity contribution in [3.63, 3.8) is 0 Å². The van der Waals surface area contributed by atoms with Crippen LogP contribution in [0.2, 0.25) is 0 Å². The number of hydrogen-bond donors (Lipinski definition) is 1. The number of carbonyl (C=O) groups is 1. The summed E-state index contributed by atoms with van der Waals surface area (Å²) in [5, 5.41) is 5.44. The number of rotatable bonds is 6. The van der Waals surface area contributed by atoms with E-state index < -0.39 is 0 Å². The van der Waals surface area contributed by atoms with Gasteiger partial charge in [0.15, 0.2) is 0 Å². The Morgan fingerprint density at radius 3 is 2.75 bits per heavy atom. The molecule has 1 aliphatic rings. The van der Waals surface area contributed by atoms with E-state index >= 15 is 0 Å². The molecule has 1 N–H and O–H groups in total. The second-order valence-electron chi connectivity index (χ2n) is 7.21. The number of hydrogen-bond acceptors (Lipinski definition) is 3. The average Bonchev–Trinajstić information content (AvgIpc) is 3.25. The van der Waals surface area contributed by atoms with E-state index in [-0.39, 0.29) is 18.1 Å². The van der Waals surface area contributed by atoms with Crippen LogP contribution < -0.4 is 10.1 Å². The van der Waals surface area contributed by atoms with Gasteiger partial charge in [0, 0.05) is 6.61 Å². The van der Waals surface area contributed by atoms with Gasteiger partial charge in [-0.05, 0) is 48.2 Å². The number of benzene rings is 3. The maximum atomic E-state index is 13.0. The lowest BCUT2D eigenvalue weighted by Gasteiger charge is -2.18. The Hall–Kier alpha value is -2.85. The van der Waals surface area contributed by atoms with Crippen molar-refractivity contribution in [2.75, 3.05) is 13.2 Å². The van der Waals surface area contributed by atoms with Gasteiger partial charge in [-0.3, -0.25) is 4.79 Å². The van der Waals surface area contributed by atoms with Gasteiger partial charge in [-0.25, -0.2) is 0 Å². The van der Waals surface area contributed by atoms with Crippen LogP contribution in [0.3, 0.4) is 0 Å². The van der Waals surface area contributed by atoms with E-state index in [0.717, 1.165) is 30.4 Å². The lowest BCUT2D eigenvalue weighted by Crippen LogP contribution is -2.27. The van der Waals surface area contributed by atoms with Gasteiger partial charge in [0.05, 0.1) is 17.7 Å². The van der Waals surface area contributed by atoms with E-state index in [2.05, 4.69) is 29.6 Å². The minimum absolute atomic E-state index is 0.116. The van der Waals surface area contributed by atoms with Gasteiger partial charge in [0.2, 0.25) is 0 Å². The second-order valence-corrected chi connectivity index (χ2v) is 7.21. The predicted molar refractivity (Wildman–Crippen MR) is 111 cm³/mol. The second kappa shape index (κ2) is 8.44. The SMILES string of the molecule is C[C@H](NC(=O)c1ccccc1OC[C@H]1CCCO1)c1cccc2ccccc12. The van der Waals surface area contributed by atoms with Gasteiger partial charge in [-0.15, -0.1) is 0 Å². The van der Waals surface area contributed by atoms with Gasteiger partial charge in [-0.1, -0.05) is 54.6 Å². The molecule has 0 radical (unpaired) electrons. The zero-order valence-electron chi connectivity index (χ0n) is 16.1. The summed E-state index contributed by atoms with van der Waals surface area (Å²) < 4.78 is 11.5. The summed E-state index contributed by atoms with van der Waals surface area (Å²) in [6.07, 6.45) is 2.19. The van der Waals surface area contributed by atoms with Gasteiger partial charge in [0.1, 0.15) is 12.4 Å². The standard InChI is InChI=1S/C24H25NO3/c1-17(20-13-6-9-18-8-2-3-11-21(18)20)25-24(26)22-12-4-5-14-23(22)28-16-19-10-7-15-27-19/h2-6,8-9,11-14,17,19H,7,10,15-16H2,1H3,(H,25,26)/t17-,19+/m0/s1. The first kappa shape index (κ1) is 18.5. The number of fused-ring (bicyclic) bond motifs is 1. The third-order valence-corrected chi connectivity index (χ3v) is 5.22. The minimum Gasteiger partial charge on any atom is -0.490 e. The number of para-hydroxylation sites is 1. The Kier molecular flexibility index (Phi) is 5.58. The van der Waals surface area contributed by atoms with Gasteiger partial charge >= 0.3 is 0 Å². The fourth-order valence-electron chi connectivity index (χ4n) is 3.72. The average molecular weight is 375 g/mol. The van der Waals surface area contributed by atoms with Gasteiger partial charge in [-0.2, -0.15) is 0 Å². The molecule has 1 saturated heterocycles. The van der Waals surface area contributed by atoms with Crippen LogP contribution in [0, 0.1) is 0 Å². The van der Waals surface area contributed by atoms with E-state index in [9.17, 15) is 4.79 Å². The molecular formula is C24H25NO3. The molecule has 0 unspecified atom stereocenters. The van der Waals surface area contributed by atoms with E-state index in [1.807, 2.05) is 43.3 Å². The van der Waals surface area contributed by atoms with Crippen molar-refractivity contribution in [1.29, 1.82) is 0 Å². The van der Waals surface area contributed by atoms with Crippen molar-refractivity contribution in [2.24, 2.45) is 0 Å². The lowest BCUT2D eigenvalue weighted by molar-refractivity contribution is 0.0670. The molecule has 1 aliphatic heterocycles. The molecule has 2 atom stereocenters. The van der Waals surface area contributed by atoms with Crippen molar-refractivity contribution in [2.45, 2.75) is 31.9 Å². The van der Waals surface area contributed by atoms with Crippen LogP contribution in [0.1, 0.15) is 41.7 Å². The largest absolute Gasteiger partial charge is 0.490 e. The molecule has 3 aromatic carbocycles. The molecule has 0 spiro atoms. The molecule has 4 nitrogen and oxygen atoms in total. The van der Waals surface area contributed by atoms with Crippen LogP contribution in [-0.2, 0) is 4.74 Å². The molecule has 28 heavy (non-hydrogen) atoms. The quantitative estimate of drug-likeness (QED) is 0.667. The Morgan fingerprint density at radius 2 is 1.89 bits per heavy atom. The molecule has 0 aromatic heterocycles. The van der Waals surface area contributed by atoms with Crippen LogP contribution in [0.5, 0.6) is 5.75 Å². The Bertz CT molecular complexity index is 957. The Labute approximate surface area is 165 Å².